The Morgan fingerprint density at radius 1 is 0.824 bits per heavy atom. The second kappa shape index (κ2) is 7.38. The van der Waals surface area contributed by atoms with E-state index >= 15 is 0 Å². The molecular weight excluding hydrogens is 208 g/mol. The molecule has 0 rings (SSSR count). The zero-order chi connectivity index (χ0) is 13.5. The van der Waals surface area contributed by atoms with Gasteiger partial charge in [0.2, 0.25) is 0 Å². The molecule has 0 amide bonds. The predicted molar refractivity (Wildman–Crippen MR) is 78.5 cm³/mol. The van der Waals surface area contributed by atoms with Crippen LogP contribution in [0.5, 0.6) is 0 Å². The fourth-order valence-electron chi connectivity index (χ4n) is 1.67. The second-order valence-corrected chi connectivity index (χ2v) is 7.53. The summed E-state index contributed by atoms with van der Waals surface area (Å²) in [5.41, 5.74) is 0.909. The number of nitrogens with one attached hydrogen (secondary N) is 1. The molecule has 0 saturated carbocycles. The lowest BCUT2D eigenvalue weighted by molar-refractivity contribution is 0.253. The number of hydrogen-bond donors (Lipinski definition) is 1. The van der Waals surface area contributed by atoms with E-state index in [2.05, 4.69) is 58.9 Å². The Kier molecular flexibility index (Phi) is 7.34. The maximum absolute atomic E-state index is 3.57. The smallest absolute Gasteiger partial charge is 0.00197 e. The van der Waals surface area contributed by atoms with Crippen molar-refractivity contribution in [3.63, 3.8) is 0 Å². The summed E-state index contributed by atoms with van der Waals surface area (Å²) in [4.78, 5) is 2.27. The Morgan fingerprint density at radius 3 is 1.82 bits per heavy atom. The van der Waals surface area contributed by atoms with Crippen molar-refractivity contribution < 1.29 is 0 Å². The predicted octanol–water partition coefficient (Wildman–Crippen LogP) is 3.38. The van der Waals surface area contributed by atoms with Crippen LogP contribution in [0.4, 0.5) is 0 Å². The minimum atomic E-state index is 0.452. The zero-order valence-corrected chi connectivity index (χ0v) is 13.2. The van der Waals surface area contributed by atoms with Crippen molar-refractivity contribution in [2.75, 3.05) is 33.7 Å². The van der Waals surface area contributed by atoms with E-state index in [-0.39, 0.29) is 0 Å². The van der Waals surface area contributed by atoms with Crippen molar-refractivity contribution in [1.29, 1.82) is 0 Å². The van der Waals surface area contributed by atoms with Crippen molar-refractivity contribution in [1.82, 2.24) is 10.2 Å². The fraction of sp³-hybridized carbons (Fsp3) is 1.00. The minimum Gasteiger partial charge on any atom is -0.317 e. The molecule has 17 heavy (non-hydrogen) atoms. The second-order valence-electron chi connectivity index (χ2n) is 7.53. The van der Waals surface area contributed by atoms with Crippen molar-refractivity contribution in [3.8, 4) is 0 Å². The lowest BCUT2D eigenvalue weighted by Gasteiger charge is -2.27. The van der Waals surface area contributed by atoms with Gasteiger partial charge in [-0.1, -0.05) is 34.6 Å². The molecule has 0 aliphatic rings. The Labute approximate surface area is 109 Å². The van der Waals surface area contributed by atoms with E-state index in [1.807, 2.05) is 0 Å². The molecule has 0 radical (unpaired) electrons. The van der Waals surface area contributed by atoms with Crippen LogP contribution in [0.15, 0.2) is 0 Å². The van der Waals surface area contributed by atoms with Crippen LogP contribution in [-0.2, 0) is 0 Å². The van der Waals surface area contributed by atoms with Crippen LogP contribution in [0.3, 0.4) is 0 Å². The van der Waals surface area contributed by atoms with Gasteiger partial charge < -0.3 is 10.2 Å². The molecule has 0 aliphatic carbocycles. The molecule has 0 aliphatic heterocycles. The fourth-order valence-corrected chi connectivity index (χ4v) is 1.67. The van der Waals surface area contributed by atoms with Gasteiger partial charge in [-0.3, -0.25) is 0 Å². The van der Waals surface area contributed by atoms with Gasteiger partial charge in [-0.25, -0.2) is 0 Å². The molecule has 0 saturated heterocycles. The monoisotopic (exact) mass is 242 g/mol. The molecule has 2 heteroatoms. The maximum atomic E-state index is 3.57. The lowest BCUT2D eigenvalue weighted by Crippen LogP contribution is -2.27. The Balaban J connectivity index is 3.59. The highest BCUT2D eigenvalue weighted by atomic mass is 15.0. The van der Waals surface area contributed by atoms with Crippen molar-refractivity contribution in [2.45, 2.75) is 53.9 Å². The van der Waals surface area contributed by atoms with Crippen molar-refractivity contribution >= 4 is 0 Å². The Bertz CT molecular complexity index is 190. The molecule has 2 nitrogen and oxygen atoms in total. The van der Waals surface area contributed by atoms with E-state index in [9.17, 15) is 0 Å². The molecule has 0 unspecified atom stereocenters. The van der Waals surface area contributed by atoms with Crippen LogP contribution in [-0.4, -0.2) is 38.6 Å². The molecule has 0 spiro atoms. The van der Waals surface area contributed by atoms with E-state index in [0.717, 1.165) is 13.1 Å². The van der Waals surface area contributed by atoms with E-state index in [4.69, 9.17) is 0 Å². The molecule has 0 fully saturated rings. The topological polar surface area (TPSA) is 15.3 Å². The average Bonchev–Trinajstić information content (AvgIpc) is 2.12. The molecule has 0 atom stereocenters. The van der Waals surface area contributed by atoms with E-state index in [0.29, 0.717) is 10.8 Å². The molecule has 0 aromatic rings. The third-order valence-electron chi connectivity index (χ3n) is 3.27. The van der Waals surface area contributed by atoms with Gasteiger partial charge in [-0.15, -0.1) is 0 Å². The average molecular weight is 242 g/mol. The lowest BCUT2D eigenvalue weighted by atomic mass is 9.85. The summed E-state index contributed by atoms with van der Waals surface area (Å²) in [6.45, 7) is 15.1. The van der Waals surface area contributed by atoms with Crippen LogP contribution in [0.2, 0.25) is 0 Å². The van der Waals surface area contributed by atoms with Gasteiger partial charge in [0.15, 0.2) is 0 Å². The van der Waals surface area contributed by atoms with E-state index in [1.165, 1.54) is 25.8 Å². The quantitative estimate of drug-likeness (QED) is 0.656. The highest BCUT2D eigenvalue weighted by Crippen LogP contribution is 2.24. The van der Waals surface area contributed by atoms with Gasteiger partial charge in [0.1, 0.15) is 0 Å². The van der Waals surface area contributed by atoms with Crippen LogP contribution in [0, 0.1) is 10.8 Å². The Morgan fingerprint density at radius 2 is 1.35 bits per heavy atom. The first-order valence-electron chi connectivity index (χ1n) is 6.98. The number of nitrogens with zero attached hydrogens (tertiary/aromatic N) is 1. The third-order valence-corrected chi connectivity index (χ3v) is 3.27. The third kappa shape index (κ3) is 12.2. The largest absolute Gasteiger partial charge is 0.317 e. The Hall–Kier alpha value is -0.0800. The van der Waals surface area contributed by atoms with Gasteiger partial charge in [0.05, 0.1) is 0 Å². The maximum Gasteiger partial charge on any atom is -0.00197 e. The molecular formula is C15H34N2. The van der Waals surface area contributed by atoms with Crippen molar-refractivity contribution in [2.24, 2.45) is 10.8 Å². The summed E-state index contributed by atoms with van der Waals surface area (Å²) in [6, 6.07) is 0. The van der Waals surface area contributed by atoms with Gasteiger partial charge in [0.25, 0.3) is 0 Å². The molecule has 0 bridgehead atoms. The first kappa shape index (κ1) is 16.9. The minimum absolute atomic E-state index is 0.452. The summed E-state index contributed by atoms with van der Waals surface area (Å²) in [7, 11) is 4.30. The highest BCUT2D eigenvalue weighted by Gasteiger charge is 2.17. The normalized spacial score (nSPS) is 13.4. The summed E-state index contributed by atoms with van der Waals surface area (Å²) < 4.78 is 0. The van der Waals surface area contributed by atoms with Crippen molar-refractivity contribution in [3.05, 3.63) is 0 Å². The summed E-state index contributed by atoms with van der Waals surface area (Å²) in [6.07, 6.45) is 3.80. The molecule has 1 N–H and O–H groups in total. The van der Waals surface area contributed by atoms with E-state index < -0.39 is 0 Å². The van der Waals surface area contributed by atoms with Gasteiger partial charge in [-0.2, -0.15) is 0 Å². The molecule has 0 aromatic carbocycles. The molecule has 104 valence electrons. The molecule has 0 aromatic heterocycles. The summed E-state index contributed by atoms with van der Waals surface area (Å²) >= 11 is 0. The van der Waals surface area contributed by atoms with Gasteiger partial charge in [0, 0.05) is 0 Å². The standard InChI is InChI=1S/C15H34N2/c1-14(2,3)8-11-16-12-9-15(4,5)10-13-17(6)7/h16H,8-13H2,1-7H3. The zero-order valence-electron chi connectivity index (χ0n) is 13.2. The SMILES string of the molecule is CN(C)CCC(C)(C)CCNCCC(C)(C)C. The summed E-state index contributed by atoms with van der Waals surface area (Å²) in [5, 5.41) is 3.57. The van der Waals surface area contributed by atoms with Gasteiger partial charge in [-0.05, 0) is 63.8 Å². The van der Waals surface area contributed by atoms with Crippen LogP contribution in [0.1, 0.15) is 53.9 Å². The van der Waals surface area contributed by atoms with E-state index in [1.54, 1.807) is 0 Å². The number of rotatable bonds is 8. The van der Waals surface area contributed by atoms with Crippen LogP contribution >= 0.6 is 0 Å². The van der Waals surface area contributed by atoms with Gasteiger partial charge >= 0.3 is 0 Å². The molecule has 0 heterocycles. The number of hydrogen-bond acceptors (Lipinski definition) is 2. The van der Waals surface area contributed by atoms with Crippen LogP contribution < -0.4 is 5.32 Å². The summed E-state index contributed by atoms with van der Waals surface area (Å²) in [5.74, 6) is 0. The first-order chi connectivity index (χ1) is 7.62. The first-order valence-corrected chi connectivity index (χ1v) is 6.98. The van der Waals surface area contributed by atoms with Crippen LogP contribution in [0.25, 0.3) is 0 Å². The highest BCUT2D eigenvalue weighted by molar-refractivity contribution is 4.71.